The molecular formula is C13H17BrN2O5. The van der Waals surface area contributed by atoms with Crippen LogP contribution in [0.3, 0.4) is 0 Å². The largest absolute Gasteiger partial charge is 0.481 e. The van der Waals surface area contributed by atoms with Crippen molar-refractivity contribution in [3.8, 4) is 0 Å². The van der Waals surface area contributed by atoms with Gasteiger partial charge in [-0.3, -0.25) is 14.4 Å². The second-order valence-electron chi connectivity index (χ2n) is 4.46. The maximum Gasteiger partial charge on any atom is 0.303 e. The maximum absolute atomic E-state index is 11.6. The average Bonchev–Trinajstić information content (AvgIpc) is 2.87. The minimum Gasteiger partial charge on any atom is -0.481 e. The standard InChI is InChI=1S/C13H17BrN2O5/c1-2-8(5-12(18)19)6-15-11(17)7-16-13(20)9-3-4-10(14)21-9/h3-4,8H,2,5-7H2,1H3,(H,15,17)(H,16,20)(H,18,19). The molecule has 1 aromatic heterocycles. The molecule has 0 bridgehead atoms. The fourth-order valence-electron chi connectivity index (χ4n) is 1.61. The number of carboxylic acid groups (broad SMARTS) is 1. The van der Waals surface area contributed by atoms with E-state index in [9.17, 15) is 14.4 Å². The number of aliphatic carboxylic acids is 1. The molecule has 0 radical (unpaired) electrons. The van der Waals surface area contributed by atoms with Gasteiger partial charge in [0.05, 0.1) is 6.54 Å². The summed E-state index contributed by atoms with van der Waals surface area (Å²) in [6, 6.07) is 3.06. The summed E-state index contributed by atoms with van der Waals surface area (Å²) in [5.41, 5.74) is 0. The monoisotopic (exact) mass is 360 g/mol. The van der Waals surface area contributed by atoms with Crippen molar-refractivity contribution in [1.82, 2.24) is 10.6 Å². The first-order valence-electron chi connectivity index (χ1n) is 6.44. The van der Waals surface area contributed by atoms with Crippen LogP contribution >= 0.6 is 15.9 Å². The second kappa shape index (κ2) is 8.46. The van der Waals surface area contributed by atoms with E-state index in [1.54, 1.807) is 6.07 Å². The molecule has 0 aliphatic heterocycles. The summed E-state index contributed by atoms with van der Waals surface area (Å²) >= 11 is 3.07. The molecule has 3 N–H and O–H groups in total. The molecule has 0 fully saturated rings. The number of nitrogens with one attached hydrogen (secondary N) is 2. The third kappa shape index (κ3) is 6.44. The molecule has 0 spiro atoms. The van der Waals surface area contributed by atoms with Crippen LogP contribution in [0.25, 0.3) is 0 Å². The van der Waals surface area contributed by atoms with E-state index in [0.717, 1.165) is 0 Å². The summed E-state index contributed by atoms with van der Waals surface area (Å²) < 4.78 is 5.47. The van der Waals surface area contributed by atoms with Crippen LogP contribution in [0.5, 0.6) is 0 Å². The third-order valence-corrected chi connectivity index (χ3v) is 3.26. The van der Waals surface area contributed by atoms with Gasteiger partial charge in [0, 0.05) is 13.0 Å². The predicted octanol–water partition coefficient (Wildman–Crippen LogP) is 1.39. The predicted molar refractivity (Wildman–Crippen MR) is 77.8 cm³/mol. The van der Waals surface area contributed by atoms with E-state index >= 15 is 0 Å². The molecule has 21 heavy (non-hydrogen) atoms. The van der Waals surface area contributed by atoms with Gasteiger partial charge in [0.25, 0.3) is 5.91 Å². The van der Waals surface area contributed by atoms with Crippen LogP contribution in [-0.4, -0.2) is 36.0 Å². The van der Waals surface area contributed by atoms with Crippen molar-refractivity contribution in [2.24, 2.45) is 5.92 Å². The van der Waals surface area contributed by atoms with Gasteiger partial charge >= 0.3 is 5.97 Å². The Morgan fingerprint density at radius 1 is 1.33 bits per heavy atom. The van der Waals surface area contributed by atoms with Crippen LogP contribution < -0.4 is 10.6 Å². The molecule has 1 unspecified atom stereocenters. The van der Waals surface area contributed by atoms with Gasteiger partial charge in [0.1, 0.15) is 0 Å². The third-order valence-electron chi connectivity index (χ3n) is 2.84. The number of amides is 2. The zero-order valence-electron chi connectivity index (χ0n) is 11.5. The summed E-state index contributed by atoms with van der Waals surface area (Å²) in [5.74, 6) is -1.78. The molecule has 0 aliphatic carbocycles. The van der Waals surface area contributed by atoms with Crippen molar-refractivity contribution in [3.05, 3.63) is 22.6 Å². The first-order chi connectivity index (χ1) is 9.92. The van der Waals surface area contributed by atoms with Gasteiger partial charge in [-0.1, -0.05) is 13.3 Å². The highest BCUT2D eigenvalue weighted by atomic mass is 79.9. The lowest BCUT2D eigenvalue weighted by molar-refractivity contribution is -0.138. The second-order valence-corrected chi connectivity index (χ2v) is 5.24. The maximum atomic E-state index is 11.6. The van der Waals surface area contributed by atoms with Crippen molar-refractivity contribution in [2.45, 2.75) is 19.8 Å². The van der Waals surface area contributed by atoms with Crippen molar-refractivity contribution < 1.29 is 23.9 Å². The minimum absolute atomic E-state index is 0.00353. The fourth-order valence-corrected chi connectivity index (χ4v) is 1.92. The van der Waals surface area contributed by atoms with Crippen LogP contribution in [0.4, 0.5) is 0 Å². The van der Waals surface area contributed by atoms with Crippen LogP contribution in [-0.2, 0) is 9.59 Å². The van der Waals surface area contributed by atoms with E-state index in [0.29, 0.717) is 11.1 Å². The lowest BCUT2D eigenvalue weighted by Crippen LogP contribution is -2.39. The van der Waals surface area contributed by atoms with Gasteiger partial charge in [-0.25, -0.2) is 0 Å². The Morgan fingerprint density at radius 3 is 2.57 bits per heavy atom. The molecule has 1 rings (SSSR count). The Hall–Kier alpha value is -1.83. The molecule has 0 aliphatic rings. The lowest BCUT2D eigenvalue weighted by Gasteiger charge is -2.13. The van der Waals surface area contributed by atoms with E-state index in [-0.39, 0.29) is 37.1 Å². The normalized spacial score (nSPS) is 11.7. The Kier molecular flexibility index (Phi) is 6.93. The highest BCUT2D eigenvalue weighted by Gasteiger charge is 2.14. The van der Waals surface area contributed by atoms with E-state index in [2.05, 4.69) is 26.6 Å². The summed E-state index contributed by atoms with van der Waals surface area (Å²) in [4.78, 5) is 33.8. The summed E-state index contributed by atoms with van der Waals surface area (Å²) in [7, 11) is 0. The number of carboxylic acids is 1. The first-order valence-corrected chi connectivity index (χ1v) is 7.23. The van der Waals surface area contributed by atoms with E-state index in [1.165, 1.54) is 6.07 Å². The van der Waals surface area contributed by atoms with Gasteiger partial charge < -0.3 is 20.2 Å². The van der Waals surface area contributed by atoms with Crippen LogP contribution in [0.2, 0.25) is 0 Å². The Balaban J connectivity index is 2.30. The highest BCUT2D eigenvalue weighted by molar-refractivity contribution is 9.10. The molecule has 2 amide bonds. The number of furan rings is 1. The summed E-state index contributed by atoms with van der Waals surface area (Å²) in [6.45, 7) is 1.93. The first kappa shape index (κ1) is 17.2. The molecule has 1 atom stereocenters. The molecule has 1 heterocycles. The fraction of sp³-hybridized carbons (Fsp3) is 0.462. The molecular weight excluding hydrogens is 344 g/mol. The van der Waals surface area contributed by atoms with Crippen LogP contribution in [0, 0.1) is 5.92 Å². The SMILES string of the molecule is CCC(CNC(=O)CNC(=O)c1ccc(Br)o1)CC(=O)O. The smallest absolute Gasteiger partial charge is 0.303 e. The van der Waals surface area contributed by atoms with Crippen LogP contribution in [0.15, 0.2) is 21.2 Å². The number of halogens is 1. The van der Waals surface area contributed by atoms with E-state index in [1.807, 2.05) is 6.92 Å². The van der Waals surface area contributed by atoms with Gasteiger partial charge in [-0.2, -0.15) is 0 Å². The molecule has 7 nitrogen and oxygen atoms in total. The average molecular weight is 361 g/mol. The van der Waals surface area contributed by atoms with Gasteiger partial charge in [0.2, 0.25) is 5.91 Å². The number of carbonyl (C=O) groups is 3. The van der Waals surface area contributed by atoms with Crippen LogP contribution in [0.1, 0.15) is 30.3 Å². The van der Waals surface area contributed by atoms with Gasteiger partial charge in [-0.15, -0.1) is 0 Å². The zero-order chi connectivity index (χ0) is 15.8. The van der Waals surface area contributed by atoms with Crippen molar-refractivity contribution in [2.75, 3.05) is 13.1 Å². The summed E-state index contributed by atoms with van der Waals surface area (Å²) in [6.07, 6.45) is 0.656. The van der Waals surface area contributed by atoms with Crippen molar-refractivity contribution in [3.63, 3.8) is 0 Å². The minimum atomic E-state index is -0.896. The molecule has 8 heteroatoms. The Labute approximate surface area is 130 Å². The van der Waals surface area contributed by atoms with E-state index in [4.69, 9.17) is 9.52 Å². The number of hydrogen-bond donors (Lipinski definition) is 3. The van der Waals surface area contributed by atoms with Gasteiger partial charge in [-0.05, 0) is 34.0 Å². The molecule has 0 saturated carbocycles. The van der Waals surface area contributed by atoms with Gasteiger partial charge in [0.15, 0.2) is 10.4 Å². The number of carbonyl (C=O) groups excluding carboxylic acids is 2. The van der Waals surface area contributed by atoms with Crippen molar-refractivity contribution >= 4 is 33.7 Å². The quantitative estimate of drug-likeness (QED) is 0.648. The highest BCUT2D eigenvalue weighted by Crippen LogP contribution is 2.13. The molecule has 0 saturated heterocycles. The molecule has 116 valence electrons. The molecule has 1 aromatic rings. The lowest BCUT2D eigenvalue weighted by atomic mass is 10.0. The number of rotatable bonds is 8. The Morgan fingerprint density at radius 2 is 2.05 bits per heavy atom. The number of hydrogen-bond acceptors (Lipinski definition) is 4. The summed E-state index contributed by atoms with van der Waals surface area (Å²) in [5, 5.41) is 13.7. The topological polar surface area (TPSA) is 109 Å². The molecule has 0 aromatic carbocycles. The Bertz CT molecular complexity index is 514. The zero-order valence-corrected chi connectivity index (χ0v) is 13.1. The van der Waals surface area contributed by atoms with Crippen molar-refractivity contribution in [1.29, 1.82) is 0 Å². The van der Waals surface area contributed by atoms with E-state index < -0.39 is 11.9 Å².